The summed E-state index contributed by atoms with van der Waals surface area (Å²) in [5.74, 6) is 2.64. The van der Waals surface area contributed by atoms with Crippen LogP contribution in [0.5, 0.6) is 0 Å². The number of nitrogens with zero attached hydrogens (tertiary/aromatic N) is 2. The maximum atomic E-state index is 13.1. The average molecular weight is 448 g/mol. The Morgan fingerprint density at radius 2 is 1.53 bits per heavy atom. The van der Waals surface area contributed by atoms with Gasteiger partial charge in [-0.1, -0.05) is 12.8 Å². The van der Waals surface area contributed by atoms with Gasteiger partial charge in [-0.05, 0) is 82.5 Å². The summed E-state index contributed by atoms with van der Waals surface area (Å²) in [7, 11) is 0. The van der Waals surface area contributed by atoms with Crippen molar-refractivity contribution in [1.82, 2.24) is 15.3 Å². The van der Waals surface area contributed by atoms with Gasteiger partial charge in [-0.25, -0.2) is 0 Å². The zero-order valence-corrected chi connectivity index (χ0v) is 19.6. The van der Waals surface area contributed by atoms with Crippen molar-refractivity contribution in [1.29, 1.82) is 0 Å². The molecule has 5 aliphatic rings. The van der Waals surface area contributed by atoms with Gasteiger partial charge in [0.15, 0.2) is 0 Å². The van der Waals surface area contributed by atoms with Crippen molar-refractivity contribution < 1.29 is 19.5 Å². The van der Waals surface area contributed by atoms with E-state index in [0.29, 0.717) is 57.1 Å². The van der Waals surface area contributed by atoms with Gasteiger partial charge in [0.25, 0.3) is 5.91 Å². The number of rotatable bonds is 4. The van der Waals surface area contributed by atoms with Crippen LogP contribution in [0.2, 0.25) is 0 Å². The molecule has 2 saturated heterocycles. The number of aliphatic hydroxyl groups is 1. The third-order valence-electron chi connectivity index (χ3n) is 9.12. The second-order valence-electron chi connectivity index (χ2n) is 11.3. The third-order valence-corrected chi connectivity index (χ3v) is 9.12. The van der Waals surface area contributed by atoms with Crippen molar-refractivity contribution in [3.05, 3.63) is 0 Å². The maximum Gasteiger partial charge on any atom is 0.254 e. The molecule has 3 saturated carbocycles. The number of hydrogen-bond acceptors (Lipinski definition) is 5. The van der Waals surface area contributed by atoms with E-state index in [4.69, 9.17) is 4.84 Å². The highest BCUT2D eigenvalue weighted by Crippen LogP contribution is 2.44. The van der Waals surface area contributed by atoms with E-state index in [1.807, 2.05) is 4.90 Å². The molecule has 0 aromatic rings. The van der Waals surface area contributed by atoms with E-state index in [9.17, 15) is 14.7 Å². The fourth-order valence-electron chi connectivity index (χ4n) is 6.86. The monoisotopic (exact) mass is 447 g/mol. The molecule has 2 aliphatic heterocycles. The van der Waals surface area contributed by atoms with E-state index >= 15 is 0 Å². The van der Waals surface area contributed by atoms with Crippen molar-refractivity contribution in [3.8, 4) is 0 Å². The Hall–Kier alpha value is -1.18. The number of amides is 2. The molecule has 32 heavy (non-hydrogen) atoms. The Morgan fingerprint density at radius 3 is 2.16 bits per heavy atom. The minimum absolute atomic E-state index is 0.135. The number of hydroxylamine groups is 1. The summed E-state index contributed by atoms with van der Waals surface area (Å²) in [4.78, 5) is 34.8. The van der Waals surface area contributed by atoms with Gasteiger partial charge < -0.3 is 14.9 Å². The molecule has 0 spiro atoms. The normalized spacial score (nSPS) is 39.7. The van der Waals surface area contributed by atoms with Crippen molar-refractivity contribution in [2.24, 2.45) is 23.7 Å². The predicted molar refractivity (Wildman–Crippen MR) is 120 cm³/mol. The first-order chi connectivity index (χ1) is 15.4. The maximum absolute atomic E-state index is 13.1. The van der Waals surface area contributed by atoms with Crippen LogP contribution in [-0.2, 0) is 14.4 Å². The Kier molecular flexibility index (Phi) is 6.52. The second kappa shape index (κ2) is 9.22. The third kappa shape index (κ3) is 4.71. The van der Waals surface area contributed by atoms with E-state index in [2.05, 4.69) is 12.4 Å². The molecule has 3 aliphatic carbocycles. The number of piperazine rings is 1. The number of hydrogen-bond donors (Lipinski definition) is 2. The quantitative estimate of drug-likeness (QED) is 0.692. The summed E-state index contributed by atoms with van der Waals surface area (Å²) < 4.78 is 0. The SMILES string of the molecule is CC1CC(C2CCCC(C3CCC(C(=O)N4CCN(C(=O)C5(O)CC5)CC4)CC3)C2)NO1. The van der Waals surface area contributed by atoms with Gasteiger partial charge in [0.2, 0.25) is 5.91 Å². The molecule has 2 amide bonds. The molecule has 2 N–H and O–H groups in total. The molecule has 4 unspecified atom stereocenters. The predicted octanol–water partition coefficient (Wildman–Crippen LogP) is 2.48. The number of carbonyl (C=O) groups is 2. The minimum Gasteiger partial charge on any atom is -0.380 e. The van der Waals surface area contributed by atoms with E-state index in [-0.39, 0.29) is 11.8 Å². The minimum atomic E-state index is -1.10. The van der Waals surface area contributed by atoms with E-state index in [1.165, 1.54) is 38.5 Å². The largest absolute Gasteiger partial charge is 0.380 e. The summed E-state index contributed by atoms with van der Waals surface area (Å²) in [5, 5.41) is 10.1. The fourth-order valence-corrected chi connectivity index (χ4v) is 6.86. The van der Waals surface area contributed by atoms with E-state index in [1.54, 1.807) is 4.90 Å². The summed E-state index contributed by atoms with van der Waals surface area (Å²) >= 11 is 0. The van der Waals surface area contributed by atoms with Crippen LogP contribution in [0.3, 0.4) is 0 Å². The number of nitrogens with one attached hydrogen (secondary N) is 1. The lowest BCUT2D eigenvalue weighted by molar-refractivity contribution is -0.148. The second-order valence-corrected chi connectivity index (χ2v) is 11.3. The van der Waals surface area contributed by atoms with Crippen molar-refractivity contribution in [3.63, 3.8) is 0 Å². The van der Waals surface area contributed by atoms with Crippen LogP contribution in [0.15, 0.2) is 0 Å². The summed E-state index contributed by atoms with van der Waals surface area (Å²) in [5.41, 5.74) is 2.20. The Bertz CT molecular complexity index is 695. The molecule has 0 aromatic carbocycles. The van der Waals surface area contributed by atoms with Crippen molar-refractivity contribution in [2.75, 3.05) is 26.2 Å². The first-order valence-electron chi connectivity index (χ1n) is 13.1. The Morgan fingerprint density at radius 1 is 0.875 bits per heavy atom. The molecule has 4 atom stereocenters. The van der Waals surface area contributed by atoms with Gasteiger partial charge in [0.05, 0.1) is 6.10 Å². The zero-order valence-electron chi connectivity index (χ0n) is 19.6. The van der Waals surface area contributed by atoms with Crippen LogP contribution in [0.25, 0.3) is 0 Å². The topological polar surface area (TPSA) is 82.1 Å². The highest BCUT2D eigenvalue weighted by Gasteiger charge is 2.50. The molecule has 7 nitrogen and oxygen atoms in total. The first-order valence-corrected chi connectivity index (χ1v) is 13.1. The molecular weight excluding hydrogens is 406 g/mol. The molecule has 0 aromatic heterocycles. The molecular formula is C25H41N3O4. The fraction of sp³-hybridized carbons (Fsp3) is 0.920. The van der Waals surface area contributed by atoms with Gasteiger partial charge in [0.1, 0.15) is 5.60 Å². The molecule has 180 valence electrons. The van der Waals surface area contributed by atoms with Crippen molar-refractivity contribution >= 4 is 11.8 Å². The van der Waals surface area contributed by atoms with Crippen LogP contribution in [0, 0.1) is 23.7 Å². The van der Waals surface area contributed by atoms with E-state index in [0.717, 1.165) is 37.0 Å². The molecule has 0 bridgehead atoms. The Balaban J connectivity index is 1.06. The van der Waals surface area contributed by atoms with Crippen LogP contribution in [-0.4, -0.2) is 70.6 Å². The van der Waals surface area contributed by atoms with Gasteiger partial charge >= 0.3 is 0 Å². The standard InChI is InChI=1S/C25H41N3O4/c1-17-15-22(26-32-17)21-4-2-3-20(16-21)18-5-7-19(8-6-18)23(29)27-11-13-28(14-12-27)24(30)25(31)9-10-25/h17-22,26,31H,2-16H2,1H3. The van der Waals surface area contributed by atoms with Crippen LogP contribution in [0.1, 0.15) is 77.6 Å². The van der Waals surface area contributed by atoms with Crippen LogP contribution >= 0.6 is 0 Å². The van der Waals surface area contributed by atoms with Gasteiger partial charge in [-0.2, -0.15) is 5.48 Å². The molecule has 2 heterocycles. The Labute approximate surface area is 192 Å². The lowest BCUT2D eigenvalue weighted by Gasteiger charge is -2.41. The highest BCUT2D eigenvalue weighted by molar-refractivity contribution is 5.88. The van der Waals surface area contributed by atoms with Gasteiger partial charge in [-0.15, -0.1) is 0 Å². The summed E-state index contributed by atoms with van der Waals surface area (Å²) in [6, 6.07) is 0.525. The average Bonchev–Trinajstić information content (AvgIpc) is 3.44. The van der Waals surface area contributed by atoms with Gasteiger partial charge in [-0.3, -0.25) is 14.4 Å². The molecule has 0 radical (unpaired) electrons. The highest BCUT2D eigenvalue weighted by atomic mass is 16.7. The summed E-state index contributed by atoms with van der Waals surface area (Å²) in [6.07, 6.45) is 12.4. The zero-order chi connectivity index (χ0) is 22.3. The summed E-state index contributed by atoms with van der Waals surface area (Å²) in [6.45, 7) is 4.49. The lowest BCUT2D eigenvalue weighted by Crippen LogP contribution is -2.54. The smallest absolute Gasteiger partial charge is 0.254 e. The van der Waals surface area contributed by atoms with Crippen LogP contribution in [0.4, 0.5) is 0 Å². The van der Waals surface area contributed by atoms with Crippen LogP contribution < -0.4 is 5.48 Å². The first kappa shape index (κ1) is 22.6. The number of carbonyl (C=O) groups excluding carboxylic acids is 2. The van der Waals surface area contributed by atoms with Crippen molar-refractivity contribution in [2.45, 2.75) is 95.3 Å². The van der Waals surface area contributed by atoms with E-state index < -0.39 is 5.60 Å². The molecule has 7 heteroatoms. The lowest BCUT2D eigenvalue weighted by atomic mass is 9.67. The molecule has 5 fully saturated rings. The molecule has 5 rings (SSSR count). The van der Waals surface area contributed by atoms with Gasteiger partial charge in [0, 0.05) is 38.1 Å².